The highest BCUT2D eigenvalue weighted by atomic mass is 35.5. The molecule has 0 saturated heterocycles. The predicted molar refractivity (Wildman–Crippen MR) is 64.6 cm³/mol. The van der Waals surface area contributed by atoms with Gasteiger partial charge in [0.15, 0.2) is 9.76 Å². The molecule has 0 heterocycles. The summed E-state index contributed by atoms with van der Waals surface area (Å²) < 4.78 is 5.91. The molecule has 0 aliphatic carbocycles. The number of alkyl halides is 1. The summed E-state index contributed by atoms with van der Waals surface area (Å²) in [6.45, 7) is 4.23. The zero-order valence-corrected chi connectivity index (χ0v) is 11.0. The van der Waals surface area contributed by atoms with Gasteiger partial charge in [-0.05, 0) is 25.5 Å². The maximum absolute atomic E-state index is 5.91. The van der Waals surface area contributed by atoms with Gasteiger partial charge in [-0.25, -0.2) is 0 Å². The molecule has 0 saturated carbocycles. The van der Waals surface area contributed by atoms with E-state index in [1.54, 1.807) is 0 Å². The highest BCUT2D eigenvalue weighted by Crippen LogP contribution is 2.23. The minimum absolute atomic E-state index is 0.153. The third-order valence-electron chi connectivity index (χ3n) is 2.21. The molecule has 78 valence electrons. The normalized spacial score (nSPS) is 12.5. The maximum atomic E-state index is 5.91. The van der Waals surface area contributed by atoms with E-state index in [0.717, 1.165) is 11.9 Å². The van der Waals surface area contributed by atoms with Crippen molar-refractivity contribution in [1.29, 1.82) is 0 Å². The number of benzene rings is 1. The predicted octanol–water partition coefficient (Wildman–Crippen LogP) is 2.68. The monoisotopic (exact) mass is 228 g/mol. The van der Waals surface area contributed by atoms with Gasteiger partial charge in [-0.2, -0.15) is 0 Å². The van der Waals surface area contributed by atoms with Gasteiger partial charge in [-0.1, -0.05) is 30.3 Å². The molecule has 1 aromatic carbocycles. The van der Waals surface area contributed by atoms with E-state index in [4.69, 9.17) is 16.0 Å². The minimum Gasteiger partial charge on any atom is -0.415 e. The lowest BCUT2D eigenvalue weighted by atomic mass is 9.99. The fraction of sp³-hybridized carbons (Fsp3) is 0.455. The van der Waals surface area contributed by atoms with Gasteiger partial charge in [-0.3, -0.25) is 0 Å². The minimum atomic E-state index is -0.469. The molecular weight excluding hydrogens is 212 g/mol. The van der Waals surface area contributed by atoms with Crippen molar-refractivity contribution < 1.29 is 4.43 Å². The zero-order valence-electron chi connectivity index (χ0n) is 8.79. The smallest absolute Gasteiger partial charge is 0.163 e. The zero-order chi connectivity index (χ0) is 10.4. The average Bonchev–Trinajstić information content (AvgIpc) is 2.19. The molecule has 0 aromatic heterocycles. The summed E-state index contributed by atoms with van der Waals surface area (Å²) in [7, 11) is -0.469. The lowest BCUT2D eigenvalue weighted by molar-refractivity contribution is 0.115. The summed E-state index contributed by atoms with van der Waals surface area (Å²) in [5, 5.41) is 0. The van der Waals surface area contributed by atoms with Crippen LogP contribution in [0.25, 0.3) is 0 Å². The van der Waals surface area contributed by atoms with Crippen LogP contribution in [0.2, 0.25) is 6.04 Å². The van der Waals surface area contributed by atoms with Crippen LogP contribution in [0.5, 0.6) is 0 Å². The molecular formula is C11H17ClOSi. The summed E-state index contributed by atoms with van der Waals surface area (Å²) in [6.07, 6.45) is 0. The van der Waals surface area contributed by atoms with Crippen molar-refractivity contribution in [2.45, 2.75) is 25.5 Å². The second-order valence-electron chi connectivity index (χ2n) is 3.77. The van der Waals surface area contributed by atoms with Crippen LogP contribution in [-0.2, 0) is 10.0 Å². The van der Waals surface area contributed by atoms with E-state index in [2.05, 4.69) is 26.0 Å². The largest absolute Gasteiger partial charge is 0.415 e. The van der Waals surface area contributed by atoms with Crippen LogP contribution in [0, 0.1) is 0 Å². The molecule has 0 N–H and O–H groups in total. The lowest BCUT2D eigenvalue weighted by Gasteiger charge is -2.26. The fourth-order valence-corrected chi connectivity index (χ4v) is 2.56. The Labute approximate surface area is 93.4 Å². The van der Waals surface area contributed by atoms with Crippen molar-refractivity contribution in [2.24, 2.45) is 0 Å². The SMILES string of the molecule is CC(C)(O[SiH2]CCCl)c1ccccc1. The van der Waals surface area contributed by atoms with Gasteiger partial charge < -0.3 is 4.43 Å². The molecule has 0 atom stereocenters. The molecule has 1 rings (SSSR count). The van der Waals surface area contributed by atoms with Gasteiger partial charge >= 0.3 is 0 Å². The van der Waals surface area contributed by atoms with Crippen molar-refractivity contribution in [3.8, 4) is 0 Å². The van der Waals surface area contributed by atoms with Crippen LogP contribution in [0.1, 0.15) is 19.4 Å². The molecule has 0 aliphatic heterocycles. The highest BCUT2D eigenvalue weighted by Gasteiger charge is 2.19. The van der Waals surface area contributed by atoms with Crippen LogP contribution in [0.4, 0.5) is 0 Å². The Morgan fingerprint density at radius 3 is 2.50 bits per heavy atom. The number of hydrogen-bond acceptors (Lipinski definition) is 1. The Morgan fingerprint density at radius 2 is 1.93 bits per heavy atom. The number of halogens is 1. The van der Waals surface area contributed by atoms with Gasteiger partial charge in [0.05, 0.1) is 5.60 Å². The van der Waals surface area contributed by atoms with Crippen molar-refractivity contribution in [2.75, 3.05) is 5.88 Å². The Morgan fingerprint density at radius 1 is 1.29 bits per heavy atom. The third-order valence-corrected chi connectivity index (χ3v) is 4.49. The molecule has 0 unspecified atom stereocenters. The van der Waals surface area contributed by atoms with E-state index in [-0.39, 0.29) is 5.60 Å². The molecule has 3 heteroatoms. The first-order valence-corrected chi connectivity index (χ1v) is 7.03. The molecule has 1 nitrogen and oxygen atoms in total. The molecule has 1 aromatic rings. The van der Waals surface area contributed by atoms with Crippen LogP contribution in [-0.4, -0.2) is 15.6 Å². The summed E-state index contributed by atoms with van der Waals surface area (Å²) in [4.78, 5) is 0. The van der Waals surface area contributed by atoms with E-state index in [1.165, 1.54) is 5.56 Å². The van der Waals surface area contributed by atoms with Crippen molar-refractivity contribution in [3.05, 3.63) is 35.9 Å². The van der Waals surface area contributed by atoms with Crippen molar-refractivity contribution >= 4 is 21.4 Å². The molecule has 0 spiro atoms. The Hall–Kier alpha value is -0.313. The summed E-state index contributed by atoms with van der Waals surface area (Å²) in [5.74, 6) is 0.719. The maximum Gasteiger partial charge on any atom is 0.163 e. The first-order valence-electron chi connectivity index (χ1n) is 4.92. The quantitative estimate of drug-likeness (QED) is 0.428. The van der Waals surface area contributed by atoms with Crippen LogP contribution >= 0.6 is 11.6 Å². The second-order valence-corrected chi connectivity index (χ2v) is 5.55. The van der Waals surface area contributed by atoms with Gasteiger partial charge in [0.1, 0.15) is 0 Å². The van der Waals surface area contributed by atoms with E-state index < -0.39 is 9.76 Å². The van der Waals surface area contributed by atoms with E-state index >= 15 is 0 Å². The van der Waals surface area contributed by atoms with E-state index in [1.807, 2.05) is 18.2 Å². The Kier molecular flexibility index (Phi) is 4.65. The topological polar surface area (TPSA) is 9.23 Å². The van der Waals surface area contributed by atoms with E-state index in [0.29, 0.717) is 0 Å². The average molecular weight is 229 g/mol. The third kappa shape index (κ3) is 3.44. The number of rotatable bonds is 5. The molecule has 0 fully saturated rings. The summed E-state index contributed by atoms with van der Waals surface area (Å²) in [6, 6.07) is 11.4. The standard InChI is InChI=1S/C11H17ClOSi/c1-11(2,13-14-9-8-12)10-6-4-3-5-7-10/h3-7H,8-9,14H2,1-2H3. The van der Waals surface area contributed by atoms with Gasteiger partial charge in [0.25, 0.3) is 0 Å². The molecule has 0 bridgehead atoms. The second kappa shape index (κ2) is 5.54. The lowest BCUT2D eigenvalue weighted by Crippen LogP contribution is -2.23. The first kappa shape index (κ1) is 11.8. The molecule has 14 heavy (non-hydrogen) atoms. The van der Waals surface area contributed by atoms with Gasteiger partial charge in [0.2, 0.25) is 0 Å². The van der Waals surface area contributed by atoms with Crippen molar-refractivity contribution in [3.63, 3.8) is 0 Å². The summed E-state index contributed by atoms with van der Waals surface area (Å²) >= 11 is 5.63. The number of hydrogen-bond donors (Lipinski definition) is 0. The van der Waals surface area contributed by atoms with Gasteiger partial charge in [-0.15, -0.1) is 11.6 Å². The molecule has 0 amide bonds. The summed E-state index contributed by atoms with van der Waals surface area (Å²) in [5.41, 5.74) is 1.08. The van der Waals surface area contributed by atoms with Crippen LogP contribution in [0.3, 0.4) is 0 Å². The van der Waals surface area contributed by atoms with Crippen LogP contribution in [0.15, 0.2) is 30.3 Å². The Bertz CT molecular complexity index is 261. The van der Waals surface area contributed by atoms with Crippen LogP contribution < -0.4 is 0 Å². The highest BCUT2D eigenvalue weighted by molar-refractivity contribution is 6.31. The molecule has 0 radical (unpaired) electrons. The fourth-order valence-electron chi connectivity index (χ4n) is 1.30. The first-order chi connectivity index (χ1) is 6.67. The Balaban J connectivity index is 2.56. The van der Waals surface area contributed by atoms with Gasteiger partial charge in [0, 0.05) is 5.88 Å². The van der Waals surface area contributed by atoms with E-state index in [9.17, 15) is 0 Å². The van der Waals surface area contributed by atoms with Crippen molar-refractivity contribution in [1.82, 2.24) is 0 Å². The molecule has 0 aliphatic rings.